The van der Waals surface area contributed by atoms with Crippen molar-refractivity contribution >= 4 is 5.78 Å². The fraction of sp³-hybridized carbons (Fsp3) is 0.583. The van der Waals surface area contributed by atoms with Gasteiger partial charge in [-0.1, -0.05) is 23.8 Å². The first kappa shape index (κ1) is 7.54. The van der Waals surface area contributed by atoms with E-state index in [2.05, 4.69) is 25.2 Å². The minimum atomic E-state index is -0.0764. The fourth-order valence-electron chi connectivity index (χ4n) is 3.37. The second-order valence-electron chi connectivity index (χ2n) is 4.68. The maximum atomic E-state index is 12.1. The van der Waals surface area contributed by atoms with Gasteiger partial charge in [0.25, 0.3) is 0 Å². The van der Waals surface area contributed by atoms with Crippen LogP contribution in [-0.4, -0.2) is 5.78 Å². The van der Waals surface area contributed by atoms with E-state index in [1.807, 2.05) is 0 Å². The van der Waals surface area contributed by atoms with Crippen LogP contribution in [0.1, 0.15) is 26.2 Å². The quantitative estimate of drug-likeness (QED) is 0.516. The van der Waals surface area contributed by atoms with Crippen LogP contribution in [0.4, 0.5) is 0 Å². The third-order valence-corrected chi connectivity index (χ3v) is 4.12. The van der Waals surface area contributed by atoms with Crippen molar-refractivity contribution in [1.29, 1.82) is 0 Å². The van der Waals surface area contributed by atoms with Crippen LogP contribution < -0.4 is 0 Å². The molecule has 68 valence electrons. The van der Waals surface area contributed by atoms with Gasteiger partial charge in [0.05, 0.1) is 5.41 Å². The Balaban J connectivity index is 2.14. The van der Waals surface area contributed by atoms with Crippen molar-refractivity contribution in [2.75, 3.05) is 0 Å². The van der Waals surface area contributed by atoms with E-state index < -0.39 is 0 Å². The maximum Gasteiger partial charge on any atom is 0.147 e. The van der Waals surface area contributed by atoms with E-state index >= 15 is 0 Å². The molecule has 3 atom stereocenters. The maximum absolute atomic E-state index is 12.1. The molecule has 0 heterocycles. The van der Waals surface area contributed by atoms with Crippen LogP contribution in [0.3, 0.4) is 0 Å². The normalized spacial score (nSPS) is 46.5. The molecule has 0 unspecified atom stereocenters. The van der Waals surface area contributed by atoms with Gasteiger partial charge in [-0.2, -0.15) is 0 Å². The molecular weight excluding hydrogens is 160 g/mol. The Morgan fingerprint density at radius 1 is 1.54 bits per heavy atom. The zero-order valence-corrected chi connectivity index (χ0v) is 7.92. The Morgan fingerprint density at radius 3 is 3.23 bits per heavy atom. The highest BCUT2D eigenvalue weighted by Crippen LogP contribution is 2.57. The summed E-state index contributed by atoms with van der Waals surface area (Å²) in [6.45, 7) is 2.18. The van der Waals surface area contributed by atoms with Crippen LogP contribution >= 0.6 is 0 Å². The predicted molar refractivity (Wildman–Crippen MR) is 51.2 cm³/mol. The summed E-state index contributed by atoms with van der Waals surface area (Å²) in [6, 6.07) is 0. The molecular formula is C12H14O. The Labute approximate surface area is 78.5 Å². The molecule has 1 fully saturated rings. The van der Waals surface area contributed by atoms with E-state index in [1.54, 1.807) is 0 Å². The number of hydrogen-bond acceptors (Lipinski definition) is 1. The van der Waals surface area contributed by atoms with Crippen LogP contribution in [0.15, 0.2) is 23.8 Å². The molecule has 13 heavy (non-hydrogen) atoms. The highest BCUT2D eigenvalue weighted by molar-refractivity contribution is 5.94. The summed E-state index contributed by atoms with van der Waals surface area (Å²) in [5, 5.41) is 0. The van der Waals surface area contributed by atoms with Gasteiger partial charge in [0.15, 0.2) is 0 Å². The van der Waals surface area contributed by atoms with Gasteiger partial charge >= 0.3 is 0 Å². The lowest BCUT2D eigenvalue weighted by molar-refractivity contribution is -0.127. The average Bonchev–Trinajstić information content (AvgIpc) is 2.49. The minimum absolute atomic E-state index is 0.0764. The molecule has 1 saturated carbocycles. The first-order valence-electron chi connectivity index (χ1n) is 5.13. The molecule has 0 aromatic carbocycles. The smallest absolute Gasteiger partial charge is 0.147 e. The monoisotopic (exact) mass is 174 g/mol. The first-order valence-corrected chi connectivity index (χ1v) is 5.13. The summed E-state index contributed by atoms with van der Waals surface area (Å²) < 4.78 is 0. The third-order valence-electron chi connectivity index (χ3n) is 4.12. The van der Waals surface area contributed by atoms with Crippen molar-refractivity contribution < 1.29 is 4.79 Å². The number of hydrogen-bond donors (Lipinski definition) is 0. The van der Waals surface area contributed by atoms with Crippen molar-refractivity contribution in [3.63, 3.8) is 0 Å². The number of carbonyl (C=O) groups is 1. The second-order valence-corrected chi connectivity index (χ2v) is 4.68. The number of Topliss-reactive ketones (excluding diaryl/α,β-unsaturated/α-hetero) is 1. The fourth-order valence-corrected chi connectivity index (χ4v) is 3.37. The van der Waals surface area contributed by atoms with Crippen LogP contribution in [0.5, 0.6) is 0 Å². The summed E-state index contributed by atoms with van der Waals surface area (Å²) in [6.07, 6.45) is 9.73. The van der Waals surface area contributed by atoms with Gasteiger partial charge < -0.3 is 0 Å². The molecule has 1 nitrogen and oxygen atoms in total. The molecule has 0 amide bonds. The second kappa shape index (κ2) is 2.14. The zero-order valence-electron chi connectivity index (χ0n) is 7.92. The van der Waals surface area contributed by atoms with Gasteiger partial charge in [-0.3, -0.25) is 4.79 Å². The lowest BCUT2D eigenvalue weighted by Crippen LogP contribution is -2.30. The van der Waals surface area contributed by atoms with Crippen LogP contribution in [-0.2, 0) is 4.79 Å². The Hall–Kier alpha value is -0.850. The zero-order chi connectivity index (χ0) is 9.05. The number of fused-ring (bicyclic) bond motifs is 1. The molecule has 1 heteroatoms. The number of carbonyl (C=O) groups excluding carboxylic acids is 1. The topological polar surface area (TPSA) is 17.1 Å². The Bertz CT molecular complexity index is 337. The predicted octanol–water partition coefficient (Wildman–Crippen LogP) is 2.49. The SMILES string of the molecule is CC1=CC[C@@]23C=CC[C@@H](C[C@H]12)C3=O. The van der Waals surface area contributed by atoms with E-state index in [1.165, 1.54) is 5.57 Å². The summed E-state index contributed by atoms with van der Waals surface area (Å²) in [7, 11) is 0. The van der Waals surface area contributed by atoms with E-state index in [0.717, 1.165) is 19.3 Å². The highest BCUT2D eigenvalue weighted by Gasteiger charge is 2.56. The standard InChI is InChI=1S/C12H14O/c1-8-4-6-12-5-2-3-9(11(12)13)7-10(8)12/h2,4-5,9-10H,3,6-7H2,1H3/t9-,10+,12-/m0/s1. The molecule has 3 aliphatic carbocycles. The highest BCUT2D eigenvalue weighted by atomic mass is 16.1. The third kappa shape index (κ3) is 0.714. The molecule has 0 N–H and O–H groups in total. The van der Waals surface area contributed by atoms with E-state index in [4.69, 9.17) is 0 Å². The number of rotatable bonds is 0. The molecule has 0 aromatic heterocycles. The molecule has 3 rings (SSSR count). The number of ketones is 1. The average molecular weight is 174 g/mol. The summed E-state index contributed by atoms with van der Waals surface area (Å²) in [4.78, 5) is 12.1. The largest absolute Gasteiger partial charge is 0.298 e. The van der Waals surface area contributed by atoms with Crippen molar-refractivity contribution in [3.05, 3.63) is 23.8 Å². The van der Waals surface area contributed by atoms with E-state index in [9.17, 15) is 4.79 Å². The number of allylic oxidation sites excluding steroid dienone is 4. The van der Waals surface area contributed by atoms with Gasteiger partial charge in [0, 0.05) is 5.92 Å². The van der Waals surface area contributed by atoms with Gasteiger partial charge in [-0.15, -0.1) is 0 Å². The van der Waals surface area contributed by atoms with Gasteiger partial charge in [0.2, 0.25) is 0 Å². The van der Waals surface area contributed by atoms with Gasteiger partial charge in [-0.05, 0) is 32.1 Å². The van der Waals surface area contributed by atoms with Crippen molar-refractivity contribution in [3.8, 4) is 0 Å². The van der Waals surface area contributed by atoms with Gasteiger partial charge in [0.1, 0.15) is 5.78 Å². The molecule has 0 aromatic rings. The summed E-state index contributed by atoms with van der Waals surface area (Å²) in [5.41, 5.74) is 1.37. The minimum Gasteiger partial charge on any atom is -0.298 e. The molecule has 0 aliphatic heterocycles. The van der Waals surface area contributed by atoms with Crippen LogP contribution in [0.25, 0.3) is 0 Å². The van der Waals surface area contributed by atoms with Gasteiger partial charge in [-0.25, -0.2) is 0 Å². The molecule has 0 radical (unpaired) electrons. The molecule has 0 saturated heterocycles. The van der Waals surface area contributed by atoms with Crippen LogP contribution in [0.2, 0.25) is 0 Å². The molecule has 3 aliphatic rings. The summed E-state index contributed by atoms with van der Waals surface area (Å²) in [5.74, 6) is 1.41. The summed E-state index contributed by atoms with van der Waals surface area (Å²) >= 11 is 0. The first-order chi connectivity index (χ1) is 6.24. The van der Waals surface area contributed by atoms with Crippen molar-refractivity contribution in [2.45, 2.75) is 26.2 Å². The van der Waals surface area contributed by atoms with Crippen LogP contribution in [0, 0.1) is 17.3 Å². The Kier molecular flexibility index (Phi) is 1.24. The lowest BCUT2D eigenvalue weighted by atomic mass is 9.75. The van der Waals surface area contributed by atoms with E-state index in [0.29, 0.717) is 17.6 Å². The lowest BCUT2D eigenvalue weighted by Gasteiger charge is -2.26. The Morgan fingerprint density at radius 2 is 2.38 bits per heavy atom. The van der Waals surface area contributed by atoms with E-state index in [-0.39, 0.29) is 5.41 Å². The molecule has 1 spiro atoms. The van der Waals surface area contributed by atoms with Crippen molar-refractivity contribution in [1.82, 2.24) is 0 Å². The van der Waals surface area contributed by atoms with Crippen molar-refractivity contribution in [2.24, 2.45) is 17.3 Å². The molecule has 2 bridgehead atoms.